The minimum absolute atomic E-state index is 0.0360. The molecule has 1 atom stereocenters. The van der Waals surface area contributed by atoms with E-state index >= 15 is 0 Å². The number of nitrogens with two attached hydrogens (primary N) is 1. The fourth-order valence-corrected chi connectivity index (χ4v) is 1.22. The Kier molecular flexibility index (Phi) is 4.57. The molecule has 88 valence electrons. The van der Waals surface area contributed by atoms with Crippen LogP contribution in [0.4, 0.5) is 11.6 Å². The second-order valence-electron chi connectivity index (χ2n) is 3.60. The highest BCUT2D eigenvalue weighted by atomic mass is 16.2. The third kappa shape index (κ3) is 3.76. The normalized spacial score (nSPS) is 11.9. The Morgan fingerprint density at radius 2 is 2.31 bits per heavy atom. The largest absolute Gasteiger partial charge is 0.384 e. The summed E-state index contributed by atoms with van der Waals surface area (Å²) in [5.74, 6) is 1.01. The van der Waals surface area contributed by atoms with Gasteiger partial charge in [0, 0.05) is 6.54 Å². The van der Waals surface area contributed by atoms with Crippen LogP contribution in [-0.4, -0.2) is 23.5 Å². The number of rotatable bonds is 5. The topological polar surface area (TPSA) is 80.0 Å². The van der Waals surface area contributed by atoms with Gasteiger partial charge in [-0.1, -0.05) is 13.0 Å². The molecule has 4 N–H and O–H groups in total. The molecule has 0 aliphatic carbocycles. The zero-order valence-corrected chi connectivity index (χ0v) is 9.66. The van der Waals surface area contributed by atoms with Crippen LogP contribution in [0.3, 0.4) is 0 Å². The number of aromatic nitrogens is 1. The molecule has 1 rings (SSSR count). The summed E-state index contributed by atoms with van der Waals surface area (Å²) >= 11 is 0. The van der Waals surface area contributed by atoms with Gasteiger partial charge in [-0.15, -0.1) is 0 Å². The van der Waals surface area contributed by atoms with Gasteiger partial charge in [-0.3, -0.25) is 4.79 Å². The molecule has 1 amide bonds. The van der Waals surface area contributed by atoms with Crippen molar-refractivity contribution in [2.75, 3.05) is 17.6 Å². The van der Waals surface area contributed by atoms with Crippen LogP contribution in [-0.2, 0) is 4.79 Å². The standard InChI is InChI=1S/C11H18N4O/c1-3-7-13-11(16)8(2)14-10-6-4-5-9(12)15-10/h4-6,8H,3,7H2,1-2H3,(H,13,16)(H3,12,14,15). The van der Waals surface area contributed by atoms with Crippen molar-refractivity contribution >= 4 is 17.5 Å². The predicted molar refractivity (Wildman–Crippen MR) is 65.0 cm³/mol. The Hall–Kier alpha value is -1.78. The first kappa shape index (κ1) is 12.3. The van der Waals surface area contributed by atoms with Crippen molar-refractivity contribution in [3.05, 3.63) is 18.2 Å². The lowest BCUT2D eigenvalue weighted by Crippen LogP contribution is -2.38. The van der Waals surface area contributed by atoms with Crippen LogP contribution in [0.15, 0.2) is 18.2 Å². The highest BCUT2D eigenvalue weighted by Gasteiger charge is 2.11. The number of nitrogens with one attached hydrogen (secondary N) is 2. The van der Waals surface area contributed by atoms with Gasteiger partial charge in [0.1, 0.15) is 17.7 Å². The molecule has 0 radical (unpaired) electrons. The van der Waals surface area contributed by atoms with E-state index in [1.165, 1.54) is 0 Å². The van der Waals surface area contributed by atoms with E-state index in [9.17, 15) is 4.79 Å². The number of carbonyl (C=O) groups is 1. The number of nitrogens with zero attached hydrogens (tertiary/aromatic N) is 1. The van der Waals surface area contributed by atoms with Crippen molar-refractivity contribution < 1.29 is 4.79 Å². The molecule has 5 nitrogen and oxygen atoms in total. The lowest BCUT2D eigenvalue weighted by atomic mass is 10.3. The van der Waals surface area contributed by atoms with Gasteiger partial charge in [-0.25, -0.2) is 4.98 Å². The van der Waals surface area contributed by atoms with Gasteiger partial charge >= 0.3 is 0 Å². The van der Waals surface area contributed by atoms with E-state index in [1.807, 2.05) is 6.92 Å². The van der Waals surface area contributed by atoms with Crippen LogP contribution in [0.25, 0.3) is 0 Å². The number of nitrogen functional groups attached to an aromatic ring is 1. The summed E-state index contributed by atoms with van der Waals surface area (Å²) in [7, 11) is 0. The molecule has 16 heavy (non-hydrogen) atoms. The third-order valence-electron chi connectivity index (χ3n) is 2.08. The van der Waals surface area contributed by atoms with E-state index in [0.29, 0.717) is 18.2 Å². The number of hydrogen-bond donors (Lipinski definition) is 3. The van der Waals surface area contributed by atoms with E-state index in [1.54, 1.807) is 25.1 Å². The Morgan fingerprint density at radius 3 is 2.94 bits per heavy atom. The highest BCUT2D eigenvalue weighted by molar-refractivity contribution is 5.83. The molecule has 1 aromatic rings. The predicted octanol–water partition coefficient (Wildman–Crippen LogP) is 0.990. The molecular formula is C11H18N4O. The number of hydrogen-bond acceptors (Lipinski definition) is 4. The van der Waals surface area contributed by atoms with E-state index in [-0.39, 0.29) is 11.9 Å². The van der Waals surface area contributed by atoms with Crippen LogP contribution in [0.1, 0.15) is 20.3 Å². The van der Waals surface area contributed by atoms with Crippen LogP contribution >= 0.6 is 0 Å². The Labute approximate surface area is 95.4 Å². The summed E-state index contributed by atoms with van der Waals surface area (Å²) in [5, 5.41) is 5.79. The quantitative estimate of drug-likeness (QED) is 0.694. The Bertz CT molecular complexity index is 354. The van der Waals surface area contributed by atoms with Gasteiger partial charge in [-0.05, 0) is 25.5 Å². The van der Waals surface area contributed by atoms with Crippen molar-refractivity contribution in [3.63, 3.8) is 0 Å². The van der Waals surface area contributed by atoms with Crippen molar-refractivity contribution in [2.24, 2.45) is 0 Å². The van der Waals surface area contributed by atoms with Gasteiger partial charge in [0.25, 0.3) is 0 Å². The summed E-state index contributed by atoms with van der Waals surface area (Å²) in [4.78, 5) is 15.6. The molecule has 0 bridgehead atoms. The first-order chi connectivity index (χ1) is 7.63. The number of pyridine rings is 1. The third-order valence-corrected chi connectivity index (χ3v) is 2.08. The van der Waals surface area contributed by atoms with Gasteiger partial charge in [0.2, 0.25) is 5.91 Å². The maximum Gasteiger partial charge on any atom is 0.242 e. The van der Waals surface area contributed by atoms with Crippen LogP contribution < -0.4 is 16.4 Å². The molecule has 0 aliphatic heterocycles. The summed E-state index contributed by atoms with van der Waals surface area (Å²) in [5.41, 5.74) is 5.54. The highest BCUT2D eigenvalue weighted by Crippen LogP contribution is 2.07. The fraction of sp³-hybridized carbons (Fsp3) is 0.455. The zero-order chi connectivity index (χ0) is 12.0. The van der Waals surface area contributed by atoms with Gasteiger partial charge in [-0.2, -0.15) is 0 Å². The minimum Gasteiger partial charge on any atom is -0.384 e. The molecule has 0 aromatic carbocycles. The van der Waals surface area contributed by atoms with Gasteiger partial charge in [0.15, 0.2) is 0 Å². The fourth-order valence-electron chi connectivity index (χ4n) is 1.22. The molecule has 5 heteroatoms. The molecule has 0 saturated carbocycles. The Morgan fingerprint density at radius 1 is 1.56 bits per heavy atom. The summed E-state index contributed by atoms with van der Waals surface area (Å²) in [6, 6.07) is 4.95. The average Bonchev–Trinajstić information content (AvgIpc) is 2.25. The van der Waals surface area contributed by atoms with Crippen LogP contribution in [0.5, 0.6) is 0 Å². The van der Waals surface area contributed by atoms with E-state index in [4.69, 9.17) is 5.73 Å². The minimum atomic E-state index is -0.319. The summed E-state index contributed by atoms with van der Waals surface area (Å²) in [6.45, 7) is 4.49. The van der Waals surface area contributed by atoms with Crippen molar-refractivity contribution in [1.82, 2.24) is 10.3 Å². The average molecular weight is 222 g/mol. The number of carbonyl (C=O) groups excluding carboxylic acids is 1. The number of anilines is 2. The smallest absolute Gasteiger partial charge is 0.242 e. The first-order valence-corrected chi connectivity index (χ1v) is 5.40. The van der Waals surface area contributed by atoms with Crippen LogP contribution in [0, 0.1) is 0 Å². The van der Waals surface area contributed by atoms with Gasteiger partial charge < -0.3 is 16.4 Å². The molecule has 0 saturated heterocycles. The first-order valence-electron chi connectivity index (χ1n) is 5.40. The molecule has 0 fully saturated rings. The number of amides is 1. The molecule has 1 unspecified atom stereocenters. The lowest BCUT2D eigenvalue weighted by molar-refractivity contribution is -0.121. The summed E-state index contributed by atoms with van der Waals surface area (Å²) < 4.78 is 0. The van der Waals surface area contributed by atoms with Crippen LogP contribution in [0.2, 0.25) is 0 Å². The van der Waals surface area contributed by atoms with E-state index in [2.05, 4.69) is 15.6 Å². The Balaban J connectivity index is 2.50. The second kappa shape index (κ2) is 5.95. The van der Waals surface area contributed by atoms with Crippen molar-refractivity contribution in [1.29, 1.82) is 0 Å². The maximum absolute atomic E-state index is 11.6. The van der Waals surface area contributed by atoms with Crippen molar-refractivity contribution in [3.8, 4) is 0 Å². The second-order valence-corrected chi connectivity index (χ2v) is 3.60. The molecule has 1 heterocycles. The van der Waals surface area contributed by atoms with E-state index in [0.717, 1.165) is 6.42 Å². The SMILES string of the molecule is CCCNC(=O)C(C)Nc1cccc(N)n1. The zero-order valence-electron chi connectivity index (χ0n) is 9.66. The van der Waals surface area contributed by atoms with Crippen molar-refractivity contribution in [2.45, 2.75) is 26.3 Å². The molecule has 0 aliphatic rings. The molecular weight excluding hydrogens is 204 g/mol. The molecule has 1 aromatic heterocycles. The maximum atomic E-state index is 11.6. The van der Waals surface area contributed by atoms with Gasteiger partial charge in [0.05, 0.1) is 0 Å². The lowest BCUT2D eigenvalue weighted by Gasteiger charge is -2.14. The monoisotopic (exact) mass is 222 g/mol. The summed E-state index contributed by atoms with van der Waals surface area (Å²) in [6.07, 6.45) is 0.926. The van der Waals surface area contributed by atoms with E-state index < -0.39 is 0 Å². The molecule has 0 spiro atoms.